The van der Waals surface area contributed by atoms with Crippen LogP contribution < -0.4 is 9.47 Å². The first kappa shape index (κ1) is 19.8. The van der Waals surface area contributed by atoms with E-state index < -0.39 is 12.1 Å². The first-order valence-corrected chi connectivity index (χ1v) is 8.72. The van der Waals surface area contributed by atoms with Crippen LogP contribution in [-0.4, -0.2) is 29.8 Å². The van der Waals surface area contributed by atoms with E-state index in [1.54, 1.807) is 32.9 Å². The lowest BCUT2D eigenvalue weighted by molar-refractivity contribution is -0.146. The molecule has 142 valence electrons. The predicted octanol–water partition coefficient (Wildman–Crippen LogP) is 3.64. The van der Waals surface area contributed by atoms with Crippen molar-refractivity contribution in [1.29, 1.82) is 0 Å². The quantitative estimate of drug-likeness (QED) is 0.484. The zero-order valence-electron chi connectivity index (χ0n) is 15.2. The van der Waals surface area contributed by atoms with E-state index in [1.165, 1.54) is 0 Å². The summed E-state index contributed by atoms with van der Waals surface area (Å²) in [4.78, 5) is 34.8. The van der Waals surface area contributed by atoms with Gasteiger partial charge in [-0.05, 0) is 69.7 Å². The molecule has 1 aliphatic carbocycles. The fourth-order valence-corrected chi connectivity index (χ4v) is 3.00. The Morgan fingerprint density at radius 3 is 1.96 bits per heavy atom. The summed E-state index contributed by atoms with van der Waals surface area (Å²) in [6.07, 6.45) is 1.21. The number of carbonyl (C=O) groups excluding carboxylic acids is 2. The minimum Gasteiger partial charge on any atom is -0.481 e. The molecule has 0 radical (unpaired) electrons. The highest BCUT2D eigenvalue weighted by Crippen LogP contribution is 2.33. The summed E-state index contributed by atoms with van der Waals surface area (Å²) in [5.74, 6) is -1.06. The fraction of sp³-hybridized carbons (Fsp3) is 0.526. The molecule has 0 amide bonds. The molecule has 1 aliphatic rings. The first-order chi connectivity index (χ1) is 12.3. The van der Waals surface area contributed by atoms with Crippen LogP contribution in [0.1, 0.15) is 43.7 Å². The maximum atomic E-state index is 12.4. The van der Waals surface area contributed by atoms with Crippen molar-refractivity contribution < 1.29 is 33.7 Å². The Morgan fingerprint density at radius 2 is 1.46 bits per heavy atom. The van der Waals surface area contributed by atoms with Gasteiger partial charge in [0.15, 0.2) is 0 Å². The molecule has 0 aromatic heterocycles. The van der Waals surface area contributed by atoms with E-state index in [0.29, 0.717) is 48.3 Å². The van der Waals surface area contributed by atoms with Crippen molar-refractivity contribution in [3.8, 4) is 11.5 Å². The first-order valence-electron chi connectivity index (χ1n) is 8.72. The molecule has 0 atom stereocenters. The molecular weight excluding hydrogens is 340 g/mol. The molecule has 1 aromatic carbocycles. The van der Waals surface area contributed by atoms with E-state index in [0.717, 1.165) is 0 Å². The number of hydrogen-bond donors (Lipinski definition) is 1. The van der Waals surface area contributed by atoms with Crippen LogP contribution in [0.2, 0.25) is 0 Å². The van der Waals surface area contributed by atoms with E-state index in [-0.39, 0.29) is 24.4 Å². The van der Waals surface area contributed by atoms with Crippen LogP contribution in [0, 0.1) is 25.7 Å². The zero-order chi connectivity index (χ0) is 19.3. The molecule has 1 saturated carbocycles. The molecule has 0 saturated heterocycles. The number of benzene rings is 1. The maximum Gasteiger partial charge on any atom is 0.513 e. The number of esters is 1. The Balaban J connectivity index is 2.01. The van der Waals surface area contributed by atoms with Gasteiger partial charge in [-0.1, -0.05) is 0 Å². The summed E-state index contributed by atoms with van der Waals surface area (Å²) >= 11 is 0. The van der Waals surface area contributed by atoms with Gasteiger partial charge in [-0.3, -0.25) is 9.59 Å². The molecule has 26 heavy (non-hydrogen) atoms. The standard InChI is InChI=1S/C19H24O7/c1-4-24-19(23)26-16-10-9-15(11(2)12(16)3)25-18(22)14-7-5-13(6-8-14)17(20)21/h9-10,13-14H,4-8H2,1-3H3,(H,20,21). The molecule has 0 unspecified atom stereocenters. The summed E-state index contributed by atoms with van der Waals surface area (Å²) in [6, 6.07) is 3.14. The Kier molecular flexibility index (Phi) is 6.60. The van der Waals surface area contributed by atoms with Crippen LogP contribution in [0.3, 0.4) is 0 Å². The molecule has 0 bridgehead atoms. The Hall–Kier alpha value is -2.57. The molecular formula is C19H24O7. The molecule has 7 heteroatoms. The van der Waals surface area contributed by atoms with Gasteiger partial charge in [0.25, 0.3) is 0 Å². The third-order valence-corrected chi connectivity index (χ3v) is 4.76. The van der Waals surface area contributed by atoms with E-state index >= 15 is 0 Å². The van der Waals surface area contributed by atoms with Crippen molar-refractivity contribution in [3.05, 3.63) is 23.3 Å². The Bertz CT molecular complexity index is 687. The van der Waals surface area contributed by atoms with Gasteiger partial charge >= 0.3 is 18.1 Å². The van der Waals surface area contributed by atoms with Crippen LogP contribution in [0.25, 0.3) is 0 Å². The summed E-state index contributed by atoms with van der Waals surface area (Å²) in [7, 11) is 0. The van der Waals surface area contributed by atoms with E-state index in [1.807, 2.05) is 0 Å². The summed E-state index contributed by atoms with van der Waals surface area (Å²) in [6.45, 7) is 5.44. The lowest BCUT2D eigenvalue weighted by Crippen LogP contribution is -2.28. The van der Waals surface area contributed by atoms with Crippen molar-refractivity contribution in [2.75, 3.05) is 6.61 Å². The molecule has 0 aliphatic heterocycles. The SMILES string of the molecule is CCOC(=O)Oc1ccc(OC(=O)C2CCC(C(=O)O)CC2)c(C)c1C. The minimum atomic E-state index is -0.805. The van der Waals surface area contributed by atoms with Gasteiger partial charge in [-0.25, -0.2) is 4.79 Å². The second kappa shape index (κ2) is 8.69. The van der Waals surface area contributed by atoms with Gasteiger partial charge in [0.1, 0.15) is 11.5 Å². The highest BCUT2D eigenvalue weighted by molar-refractivity contribution is 5.77. The van der Waals surface area contributed by atoms with Crippen LogP contribution >= 0.6 is 0 Å². The highest BCUT2D eigenvalue weighted by Gasteiger charge is 2.31. The molecule has 1 aromatic rings. The number of hydrogen-bond acceptors (Lipinski definition) is 6. The number of carboxylic acids is 1. The number of carboxylic acid groups (broad SMARTS) is 1. The molecule has 1 N–H and O–H groups in total. The Morgan fingerprint density at radius 1 is 0.962 bits per heavy atom. The lowest BCUT2D eigenvalue weighted by Gasteiger charge is -2.24. The smallest absolute Gasteiger partial charge is 0.481 e. The number of aliphatic carboxylic acids is 1. The van der Waals surface area contributed by atoms with Gasteiger partial charge in [0.05, 0.1) is 18.4 Å². The van der Waals surface area contributed by atoms with Crippen molar-refractivity contribution in [3.63, 3.8) is 0 Å². The second-order valence-electron chi connectivity index (χ2n) is 6.40. The Labute approximate surface area is 152 Å². The maximum absolute atomic E-state index is 12.4. The van der Waals surface area contributed by atoms with Crippen LogP contribution in [0.15, 0.2) is 12.1 Å². The average molecular weight is 364 g/mol. The van der Waals surface area contributed by atoms with Crippen molar-refractivity contribution in [2.24, 2.45) is 11.8 Å². The van der Waals surface area contributed by atoms with Gasteiger partial charge in [0.2, 0.25) is 0 Å². The molecule has 2 rings (SSSR count). The van der Waals surface area contributed by atoms with Gasteiger partial charge < -0.3 is 19.3 Å². The predicted molar refractivity (Wildman–Crippen MR) is 92.3 cm³/mol. The largest absolute Gasteiger partial charge is 0.513 e. The van der Waals surface area contributed by atoms with Crippen molar-refractivity contribution in [1.82, 2.24) is 0 Å². The summed E-state index contributed by atoms with van der Waals surface area (Å²) in [5, 5.41) is 9.03. The average Bonchev–Trinajstić information content (AvgIpc) is 2.61. The third-order valence-electron chi connectivity index (χ3n) is 4.76. The lowest BCUT2D eigenvalue weighted by atomic mass is 9.82. The molecule has 1 fully saturated rings. The molecule has 0 spiro atoms. The molecule has 0 heterocycles. The van der Waals surface area contributed by atoms with Gasteiger partial charge in [0, 0.05) is 0 Å². The van der Waals surface area contributed by atoms with Crippen molar-refractivity contribution in [2.45, 2.75) is 46.5 Å². The molecule has 7 nitrogen and oxygen atoms in total. The van der Waals surface area contributed by atoms with Crippen LogP contribution in [0.4, 0.5) is 4.79 Å². The minimum absolute atomic E-state index is 0.219. The topological polar surface area (TPSA) is 99.1 Å². The van der Waals surface area contributed by atoms with Crippen LogP contribution in [0.5, 0.6) is 11.5 Å². The summed E-state index contributed by atoms with van der Waals surface area (Å²) in [5.41, 5.74) is 1.37. The zero-order valence-corrected chi connectivity index (χ0v) is 15.2. The normalized spacial score (nSPS) is 19.5. The van der Waals surface area contributed by atoms with Gasteiger partial charge in [-0.15, -0.1) is 0 Å². The second-order valence-corrected chi connectivity index (χ2v) is 6.40. The monoisotopic (exact) mass is 364 g/mol. The van der Waals surface area contributed by atoms with E-state index in [2.05, 4.69) is 0 Å². The van der Waals surface area contributed by atoms with E-state index in [9.17, 15) is 14.4 Å². The fourth-order valence-electron chi connectivity index (χ4n) is 3.00. The van der Waals surface area contributed by atoms with E-state index in [4.69, 9.17) is 19.3 Å². The summed E-state index contributed by atoms with van der Waals surface area (Å²) < 4.78 is 15.4. The highest BCUT2D eigenvalue weighted by atomic mass is 16.7. The van der Waals surface area contributed by atoms with Gasteiger partial charge in [-0.2, -0.15) is 0 Å². The van der Waals surface area contributed by atoms with Crippen molar-refractivity contribution >= 4 is 18.1 Å². The number of ether oxygens (including phenoxy) is 3. The van der Waals surface area contributed by atoms with Crippen LogP contribution in [-0.2, 0) is 14.3 Å². The third kappa shape index (κ3) is 4.74. The number of carbonyl (C=O) groups is 3. The number of rotatable bonds is 5.